The monoisotopic (exact) mass is 266 g/mol. The van der Waals surface area contributed by atoms with Gasteiger partial charge in [-0.1, -0.05) is 38.8 Å². The van der Waals surface area contributed by atoms with Crippen molar-refractivity contribution in [2.45, 2.75) is 58.3 Å². The molecule has 0 aliphatic carbocycles. The number of hydrogen-bond donors (Lipinski definition) is 1. The lowest BCUT2D eigenvalue weighted by molar-refractivity contribution is -0.137. The van der Waals surface area contributed by atoms with Crippen LogP contribution >= 0.6 is 0 Å². The van der Waals surface area contributed by atoms with Gasteiger partial charge in [-0.05, 0) is 42.4 Å². The van der Waals surface area contributed by atoms with E-state index in [9.17, 15) is 9.18 Å². The van der Waals surface area contributed by atoms with Crippen molar-refractivity contribution in [3.8, 4) is 0 Å². The molecule has 0 aliphatic rings. The van der Waals surface area contributed by atoms with E-state index < -0.39 is 5.97 Å². The van der Waals surface area contributed by atoms with E-state index in [4.69, 9.17) is 5.11 Å². The van der Waals surface area contributed by atoms with Gasteiger partial charge in [0.15, 0.2) is 0 Å². The highest BCUT2D eigenvalue weighted by atomic mass is 19.1. The molecule has 2 nitrogen and oxygen atoms in total. The van der Waals surface area contributed by atoms with Gasteiger partial charge in [0, 0.05) is 6.42 Å². The third kappa shape index (κ3) is 5.86. The Hall–Kier alpha value is -1.38. The third-order valence-corrected chi connectivity index (χ3v) is 3.32. The molecule has 0 unspecified atom stereocenters. The molecule has 0 spiro atoms. The second-order valence-electron chi connectivity index (χ2n) is 5.31. The van der Waals surface area contributed by atoms with Crippen LogP contribution in [0.2, 0.25) is 0 Å². The predicted molar refractivity (Wildman–Crippen MR) is 74.9 cm³/mol. The topological polar surface area (TPSA) is 37.3 Å². The van der Waals surface area contributed by atoms with E-state index in [1.165, 1.54) is 5.56 Å². The number of hydrogen-bond acceptors (Lipinski definition) is 1. The largest absolute Gasteiger partial charge is 0.481 e. The summed E-state index contributed by atoms with van der Waals surface area (Å²) in [6.07, 6.45) is 4.45. The number of benzene rings is 1. The van der Waals surface area contributed by atoms with E-state index in [-0.39, 0.29) is 12.2 Å². The SMILES string of the molecule is CC(C)c1ccc(F)c(CCCCCCC(=O)O)c1. The molecular formula is C16H23FO2. The van der Waals surface area contributed by atoms with Crippen LogP contribution in [0, 0.1) is 5.82 Å². The van der Waals surface area contributed by atoms with Crippen LogP contribution in [-0.2, 0) is 11.2 Å². The highest BCUT2D eigenvalue weighted by Crippen LogP contribution is 2.20. The average molecular weight is 266 g/mol. The number of carboxylic acids is 1. The molecule has 1 rings (SSSR count). The van der Waals surface area contributed by atoms with Crippen LogP contribution in [0.4, 0.5) is 4.39 Å². The Morgan fingerprint density at radius 1 is 1.21 bits per heavy atom. The molecule has 0 aromatic heterocycles. The number of aryl methyl sites for hydroxylation is 1. The number of halogens is 1. The summed E-state index contributed by atoms with van der Waals surface area (Å²) in [5.41, 5.74) is 1.95. The first kappa shape index (κ1) is 15.7. The van der Waals surface area contributed by atoms with Crippen molar-refractivity contribution in [2.75, 3.05) is 0 Å². The van der Waals surface area contributed by atoms with Crippen molar-refractivity contribution < 1.29 is 14.3 Å². The summed E-state index contributed by atoms with van der Waals surface area (Å²) in [5.74, 6) is -0.458. The summed E-state index contributed by atoms with van der Waals surface area (Å²) in [7, 11) is 0. The Morgan fingerprint density at radius 3 is 2.53 bits per heavy atom. The van der Waals surface area contributed by atoms with Gasteiger partial charge in [-0.2, -0.15) is 0 Å². The van der Waals surface area contributed by atoms with E-state index in [0.717, 1.165) is 31.2 Å². The third-order valence-electron chi connectivity index (χ3n) is 3.32. The summed E-state index contributed by atoms with van der Waals surface area (Å²) in [5, 5.41) is 8.52. The van der Waals surface area contributed by atoms with Crippen molar-refractivity contribution >= 4 is 5.97 Å². The molecule has 3 heteroatoms. The van der Waals surface area contributed by atoms with Gasteiger partial charge in [0.2, 0.25) is 0 Å². The van der Waals surface area contributed by atoms with Crippen LogP contribution in [-0.4, -0.2) is 11.1 Å². The second-order valence-corrected chi connectivity index (χ2v) is 5.31. The van der Waals surface area contributed by atoms with Gasteiger partial charge in [0.05, 0.1) is 0 Å². The lowest BCUT2D eigenvalue weighted by Crippen LogP contribution is -1.96. The highest BCUT2D eigenvalue weighted by molar-refractivity contribution is 5.66. The lowest BCUT2D eigenvalue weighted by atomic mass is 9.97. The maximum Gasteiger partial charge on any atom is 0.303 e. The molecule has 0 aliphatic heterocycles. The highest BCUT2D eigenvalue weighted by Gasteiger charge is 2.06. The van der Waals surface area contributed by atoms with E-state index in [1.807, 2.05) is 12.1 Å². The van der Waals surface area contributed by atoms with Crippen LogP contribution in [0.3, 0.4) is 0 Å². The maximum atomic E-state index is 13.6. The average Bonchev–Trinajstić information content (AvgIpc) is 2.34. The fourth-order valence-corrected chi connectivity index (χ4v) is 2.09. The van der Waals surface area contributed by atoms with E-state index in [2.05, 4.69) is 13.8 Å². The zero-order valence-electron chi connectivity index (χ0n) is 11.8. The minimum atomic E-state index is -0.740. The molecule has 0 bridgehead atoms. The quantitative estimate of drug-likeness (QED) is 0.702. The number of carbonyl (C=O) groups is 1. The first-order valence-electron chi connectivity index (χ1n) is 7.01. The van der Waals surface area contributed by atoms with Crippen molar-refractivity contribution in [3.63, 3.8) is 0 Å². The summed E-state index contributed by atoms with van der Waals surface area (Å²) in [4.78, 5) is 10.3. The second kappa shape index (κ2) is 7.93. The molecular weight excluding hydrogens is 243 g/mol. The first-order chi connectivity index (χ1) is 9.00. The Bertz CT molecular complexity index is 413. The molecule has 1 aromatic carbocycles. The van der Waals surface area contributed by atoms with E-state index in [1.54, 1.807) is 6.07 Å². The van der Waals surface area contributed by atoms with E-state index in [0.29, 0.717) is 12.3 Å². The van der Waals surface area contributed by atoms with Crippen molar-refractivity contribution in [1.82, 2.24) is 0 Å². The van der Waals surface area contributed by atoms with Crippen LogP contribution in [0.5, 0.6) is 0 Å². The molecule has 0 fully saturated rings. The van der Waals surface area contributed by atoms with Crippen molar-refractivity contribution in [1.29, 1.82) is 0 Å². The zero-order chi connectivity index (χ0) is 14.3. The Kier molecular flexibility index (Phi) is 6.54. The zero-order valence-corrected chi connectivity index (χ0v) is 11.8. The molecule has 0 amide bonds. The van der Waals surface area contributed by atoms with Gasteiger partial charge in [-0.25, -0.2) is 4.39 Å². The van der Waals surface area contributed by atoms with Gasteiger partial charge in [0.25, 0.3) is 0 Å². The van der Waals surface area contributed by atoms with Crippen LogP contribution in [0.15, 0.2) is 18.2 Å². The smallest absolute Gasteiger partial charge is 0.303 e. The Labute approximate surface area is 114 Å². The van der Waals surface area contributed by atoms with Gasteiger partial charge >= 0.3 is 5.97 Å². The number of unbranched alkanes of at least 4 members (excludes halogenated alkanes) is 3. The molecule has 0 saturated heterocycles. The summed E-state index contributed by atoms with van der Waals surface area (Å²) in [6, 6.07) is 5.35. The van der Waals surface area contributed by atoms with Crippen LogP contribution in [0.1, 0.15) is 63.0 Å². The molecule has 0 atom stereocenters. The maximum absolute atomic E-state index is 13.6. The Balaban J connectivity index is 2.36. The van der Waals surface area contributed by atoms with Gasteiger partial charge in [-0.15, -0.1) is 0 Å². The Morgan fingerprint density at radius 2 is 1.89 bits per heavy atom. The van der Waals surface area contributed by atoms with Gasteiger partial charge in [-0.3, -0.25) is 4.79 Å². The minimum Gasteiger partial charge on any atom is -0.481 e. The van der Waals surface area contributed by atoms with Gasteiger partial charge < -0.3 is 5.11 Å². The van der Waals surface area contributed by atoms with Gasteiger partial charge in [0.1, 0.15) is 5.82 Å². The molecule has 0 heterocycles. The fourth-order valence-electron chi connectivity index (χ4n) is 2.09. The number of rotatable bonds is 8. The molecule has 106 valence electrons. The predicted octanol–water partition coefficient (Wildman–Crippen LogP) is 4.53. The minimum absolute atomic E-state index is 0.130. The standard InChI is InChI=1S/C16H23FO2/c1-12(2)13-9-10-15(17)14(11-13)7-5-3-4-6-8-16(18)19/h9-12H,3-8H2,1-2H3,(H,18,19). The van der Waals surface area contributed by atoms with E-state index >= 15 is 0 Å². The number of carboxylic acid groups (broad SMARTS) is 1. The molecule has 1 aromatic rings. The molecule has 1 N–H and O–H groups in total. The first-order valence-corrected chi connectivity index (χ1v) is 7.01. The summed E-state index contributed by atoms with van der Waals surface area (Å²) < 4.78 is 13.6. The number of aliphatic carboxylic acids is 1. The lowest BCUT2D eigenvalue weighted by Gasteiger charge is -2.09. The van der Waals surface area contributed by atoms with Crippen LogP contribution < -0.4 is 0 Å². The molecule has 0 saturated carbocycles. The summed E-state index contributed by atoms with van der Waals surface area (Å²) >= 11 is 0. The molecule has 19 heavy (non-hydrogen) atoms. The summed E-state index contributed by atoms with van der Waals surface area (Å²) in [6.45, 7) is 4.20. The van der Waals surface area contributed by atoms with Crippen molar-refractivity contribution in [3.05, 3.63) is 35.1 Å². The normalized spacial score (nSPS) is 10.9. The van der Waals surface area contributed by atoms with Crippen LogP contribution in [0.25, 0.3) is 0 Å². The van der Waals surface area contributed by atoms with Crippen molar-refractivity contribution in [2.24, 2.45) is 0 Å². The molecule has 0 radical (unpaired) electrons. The fraction of sp³-hybridized carbons (Fsp3) is 0.562.